The molecule has 2 heterocycles. The summed E-state index contributed by atoms with van der Waals surface area (Å²) in [5, 5.41) is 9.79. The molecule has 0 atom stereocenters. The van der Waals surface area contributed by atoms with Crippen LogP contribution in [-0.2, 0) is 14.3 Å². The monoisotopic (exact) mass is 423 g/mol. The van der Waals surface area contributed by atoms with Crippen LogP contribution in [0.4, 0.5) is 5.00 Å². The summed E-state index contributed by atoms with van der Waals surface area (Å²) in [5.74, 6) is -0.911. The second kappa shape index (κ2) is 10.4. The molecule has 0 bridgehead atoms. The van der Waals surface area contributed by atoms with Gasteiger partial charge in [0.1, 0.15) is 10.6 Å². The van der Waals surface area contributed by atoms with Gasteiger partial charge in [0.05, 0.1) is 19.7 Å². The van der Waals surface area contributed by atoms with Crippen LogP contribution in [0, 0.1) is 0 Å². The number of rotatable bonds is 9. The molecule has 0 aliphatic rings. The third kappa shape index (κ3) is 6.15. The summed E-state index contributed by atoms with van der Waals surface area (Å²) < 4.78 is 5.18. The quantitative estimate of drug-likeness (QED) is 0.605. The molecule has 2 rings (SSSR count). The minimum Gasteiger partial charge on any atom is -0.462 e. The lowest BCUT2D eigenvalue weighted by Gasteiger charge is -2.17. The van der Waals surface area contributed by atoms with Crippen molar-refractivity contribution in [3.05, 3.63) is 28.5 Å². The predicted molar refractivity (Wildman–Crippen MR) is 113 cm³/mol. The van der Waals surface area contributed by atoms with E-state index in [-0.39, 0.29) is 37.6 Å². The largest absolute Gasteiger partial charge is 0.462 e. The number of amides is 2. The van der Waals surface area contributed by atoms with Gasteiger partial charge in [-0.3, -0.25) is 14.5 Å². The molecular formula is C19H25N3O4S2. The average Bonchev–Trinajstić information content (AvgIpc) is 3.22. The van der Waals surface area contributed by atoms with Crippen LogP contribution in [0.5, 0.6) is 0 Å². The minimum atomic E-state index is -0.466. The van der Waals surface area contributed by atoms with Crippen LogP contribution in [0.1, 0.15) is 31.1 Å². The van der Waals surface area contributed by atoms with Crippen molar-refractivity contribution in [2.75, 3.05) is 32.1 Å². The molecule has 0 aliphatic carbocycles. The Hall–Kier alpha value is -2.23. The smallest absolute Gasteiger partial charge is 0.341 e. The van der Waals surface area contributed by atoms with Gasteiger partial charge in [0.25, 0.3) is 0 Å². The van der Waals surface area contributed by atoms with Gasteiger partial charge in [-0.1, -0.05) is 6.07 Å². The van der Waals surface area contributed by atoms with Crippen molar-refractivity contribution >= 4 is 45.5 Å². The molecule has 0 fully saturated rings. The molecule has 2 aromatic rings. The number of carbonyl (C=O) groups is 3. The Morgan fingerprint density at radius 3 is 2.50 bits per heavy atom. The van der Waals surface area contributed by atoms with Gasteiger partial charge in [-0.2, -0.15) is 0 Å². The maximum Gasteiger partial charge on any atom is 0.341 e. The minimum absolute atomic E-state index is 0.0278. The molecule has 0 radical (unpaired) electrons. The third-order valence-corrected chi connectivity index (χ3v) is 5.39. The summed E-state index contributed by atoms with van der Waals surface area (Å²) in [6.45, 7) is 5.89. The van der Waals surface area contributed by atoms with E-state index >= 15 is 0 Å². The van der Waals surface area contributed by atoms with Crippen molar-refractivity contribution in [1.29, 1.82) is 0 Å². The lowest BCUT2D eigenvalue weighted by molar-refractivity contribution is -0.123. The molecule has 9 heteroatoms. The summed E-state index contributed by atoms with van der Waals surface area (Å²) >= 11 is 2.80. The van der Waals surface area contributed by atoms with Gasteiger partial charge >= 0.3 is 5.97 Å². The van der Waals surface area contributed by atoms with Gasteiger partial charge in [-0.05, 0) is 39.3 Å². The molecule has 2 aromatic heterocycles. The van der Waals surface area contributed by atoms with Gasteiger partial charge in [0.15, 0.2) is 0 Å². The van der Waals surface area contributed by atoms with Gasteiger partial charge in [-0.15, -0.1) is 22.7 Å². The molecule has 28 heavy (non-hydrogen) atoms. The van der Waals surface area contributed by atoms with Crippen molar-refractivity contribution in [1.82, 2.24) is 10.2 Å². The molecule has 2 amide bonds. The molecule has 0 saturated heterocycles. The highest BCUT2D eigenvalue weighted by molar-refractivity contribution is 7.17. The molecule has 0 spiro atoms. The zero-order chi connectivity index (χ0) is 20.7. The van der Waals surface area contributed by atoms with Crippen molar-refractivity contribution in [3.63, 3.8) is 0 Å². The zero-order valence-corrected chi connectivity index (χ0v) is 18.0. The maximum absolute atomic E-state index is 12.5. The van der Waals surface area contributed by atoms with E-state index < -0.39 is 5.97 Å². The van der Waals surface area contributed by atoms with E-state index in [4.69, 9.17) is 4.74 Å². The number of hydrogen-bond donors (Lipinski definition) is 2. The van der Waals surface area contributed by atoms with E-state index in [0.29, 0.717) is 10.6 Å². The van der Waals surface area contributed by atoms with Gasteiger partial charge in [0, 0.05) is 21.9 Å². The molecule has 152 valence electrons. The van der Waals surface area contributed by atoms with Crippen molar-refractivity contribution in [2.45, 2.75) is 26.8 Å². The van der Waals surface area contributed by atoms with E-state index in [9.17, 15) is 14.4 Å². The highest BCUT2D eigenvalue weighted by Gasteiger charge is 2.23. The van der Waals surface area contributed by atoms with E-state index in [2.05, 4.69) is 10.6 Å². The fraction of sp³-hybridized carbons (Fsp3) is 0.421. The zero-order valence-electron chi connectivity index (χ0n) is 16.4. The Morgan fingerprint density at radius 1 is 1.18 bits per heavy atom. The number of nitrogens with zero attached hydrogens (tertiary/aromatic N) is 1. The Balaban J connectivity index is 2.09. The fourth-order valence-electron chi connectivity index (χ4n) is 2.55. The van der Waals surface area contributed by atoms with Crippen molar-refractivity contribution < 1.29 is 19.1 Å². The topological polar surface area (TPSA) is 87.7 Å². The van der Waals surface area contributed by atoms with E-state index in [0.717, 1.165) is 10.4 Å². The molecule has 0 saturated carbocycles. The van der Waals surface area contributed by atoms with Crippen molar-refractivity contribution in [2.24, 2.45) is 0 Å². The van der Waals surface area contributed by atoms with Crippen LogP contribution < -0.4 is 10.6 Å². The van der Waals surface area contributed by atoms with Crippen LogP contribution in [0.15, 0.2) is 22.9 Å². The third-order valence-electron chi connectivity index (χ3n) is 3.59. The number of anilines is 1. The Kier molecular flexibility index (Phi) is 8.16. The second-order valence-electron chi connectivity index (χ2n) is 6.49. The fourth-order valence-corrected chi connectivity index (χ4v) is 4.34. The van der Waals surface area contributed by atoms with Crippen LogP contribution in [0.2, 0.25) is 0 Å². The number of hydrogen-bond acceptors (Lipinski definition) is 7. The first kappa shape index (κ1) is 22.1. The summed E-state index contributed by atoms with van der Waals surface area (Å²) in [7, 11) is 1.69. The van der Waals surface area contributed by atoms with E-state index in [1.807, 2.05) is 36.7 Å². The summed E-state index contributed by atoms with van der Waals surface area (Å²) in [6.07, 6.45) is 0. The highest BCUT2D eigenvalue weighted by Crippen LogP contribution is 2.38. The van der Waals surface area contributed by atoms with Crippen LogP contribution in [0.3, 0.4) is 0 Å². The highest BCUT2D eigenvalue weighted by atomic mass is 32.1. The number of thiophene rings is 2. The maximum atomic E-state index is 12.5. The SMILES string of the molecule is CCOC(=O)c1c(-c2cccs2)csc1NC(=O)CN(C)CC(=O)NC(C)C. The first-order chi connectivity index (χ1) is 13.3. The molecular weight excluding hydrogens is 398 g/mol. The lowest BCUT2D eigenvalue weighted by atomic mass is 10.1. The van der Waals surface area contributed by atoms with Crippen LogP contribution in [-0.4, -0.2) is 55.5 Å². The molecule has 0 aliphatic heterocycles. The number of carbonyl (C=O) groups excluding carboxylic acids is 3. The molecule has 7 nitrogen and oxygen atoms in total. The first-order valence-corrected chi connectivity index (χ1v) is 10.7. The number of likely N-dealkylation sites (N-methyl/N-ethyl adjacent to an activating group) is 1. The van der Waals surface area contributed by atoms with Gasteiger partial charge in [0.2, 0.25) is 11.8 Å². The standard InChI is InChI=1S/C19H25N3O4S2/c1-5-26-19(25)17-13(14-7-6-8-27-14)11-28-18(17)21-16(24)10-22(4)9-15(23)20-12(2)3/h6-8,11-12H,5,9-10H2,1-4H3,(H,20,23)(H,21,24). The Morgan fingerprint density at radius 2 is 1.89 bits per heavy atom. The van der Waals surface area contributed by atoms with Crippen molar-refractivity contribution in [3.8, 4) is 10.4 Å². The van der Waals surface area contributed by atoms with E-state index in [1.165, 1.54) is 22.7 Å². The Bertz CT molecular complexity index is 815. The van der Waals surface area contributed by atoms with Crippen LogP contribution in [0.25, 0.3) is 10.4 Å². The van der Waals surface area contributed by atoms with Crippen LogP contribution >= 0.6 is 22.7 Å². The Labute approximate surface area is 172 Å². The summed E-state index contributed by atoms with van der Waals surface area (Å²) in [6, 6.07) is 3.87. The number of ether oxygens (including phenoxy) is 1. The van der Waals surface area contributed by atoms with Gasteiger partial charge in [-0.25, -0.2) is 4.79 Å². The lowest BCUT2D eigenvalue weighted by Crippen LogP contribution is -2.41. The summed E-state index contributed by atoms with van der Waals surface area (Å²) in [4.78, 5) is 39.3. The average molecular weight is 424 g/mol. The second-order valence-corrected chi connectivity index (χ2v) is 8.32. The summed E-state index contributed by atoms with van der Waals surface area (Å²) in [5.41, 5.74) is 1.11. The number of esters is 1. The predicted octanol–water partition coefficient (Wildman–Crippen LogP) is 3.05. The molecule has 0 aromatic carbocycles. The first-order valence-electron chi connectivity index (χ1n) is 8.92. The van der Waals surface area contributed by atoms with E-state index in [1.54, 1.807) is 18.9 Å². The molecule has 0 unspecified atom stereocenters. The number of nitrogens with one attached hydrogen (secondary N) is 2. The normalized spacial score (nSPS) is 10.9. The van der Waals surface area contributed by atoms with Gasteiger partial charge < -0.3 is 15.4 Å². The molecule has 2 N–H and O–H groups in total.